The summed E-state index contributed by atoms with van der Waals surface area (Å²) in [5.41, 5.74) is 1.13. The largest absolute Gasteiger partial charge is 0.273 e. The Morgan fingerprint density at radius 1 is 1.09 bits per heavy atom. The Labute approximate surface area is 129 Å². The number of sulfonamides is 1. The average molecular weight is 315 g/mol. The van der Waals surface area contributed by atoms with Crippen LogP contribution in [-0.2, 0) is 14.8 Å². The molecule has 5 heteroatoms. The van der Waals surface area contributed by atoms with E-state index in [1.54, 1.807) is 0 Å². The fourth-order valence-corrected chi connectivity index (χ4v) is 4.88. The third kappa shape index (κ3) is 2.20. The van der Waals surface area contributed by atoms with E-state index in [9.17, 15) is 13.2 Å². The van der Waals surface area contributed by atoms with Crippen molar-refractivity contribution in [2.75, 3.05) is 12.3 Å². The Hall–Kier alpha value is -1.88. The van der Waals surface area contributed by atoms with Gasteiger partial charge in [0.25, 0.3) is 0 Å². The number of amides is 1. The number of fused-ring (bicyclic) bond motifs is 1. The van der Waals surface area contributed by atoms with Gasteiger partial charge in [0.2, 0.25) is 15.9 Å². The smallest absolute Gasteiger partial charge is 0.239 e. The topological polar surface area (TPSA) is 54.5 Å². The molecule has 2 aromatic rings. The molecule has 0 bridgehead atoms. The molecule has 4 nitrogen and oxygen atoms in total. The first kappa shape index (κ1) is 13.8. The lowest BCUT2D eigenvalue weighted by Crippen LogP contribution is -2.34. The Balaban J connectivity index is 1.57. The fraction of sp³-hybridized carbons (Fsp3) is 0.353. The molecule has 114 valence electrons. The highest BCUT2D eigenvalue weighted by atomic mass is 32.2. The van der Waals surface area contributed by atoms with Crippen molar-refractivity contribution in [3.63, 3.8) is 0 Å². The molecule has 0 spiro atoms. The molecular formula is C17H17NO3S. The van der Waals surface area contributed by atoms with Crippen LogP contribution in [0.3, 0.4) is 0 Å². The van der Waals surface area contributed by atoms with Crippen molar-refractivity contribution in [2.24, 2.45) is 5.92 Å². The summed E-state index contributed by atoms with van der Waals surface area (Å²) < 4.78 is 24.8. The van der Waals surface area contributed by atoms with Crippen molar-refractivity contribution in [3.8, 4) is 0 Å². The Kier molecular flexibility index (Phi) is 3.01. The summed E-state index contributed by atoms with van der Waals surface area (Å²) in [7, 11) is -3.35. The molecule has 2 aromatic carbocycles. The lowest BCUT2D eigenvalue weighted by Gasteiger charge is -2.14. The number of hydrogen-bond donors (Lipinski definition) is 0. The molecule has 1 amide bonds. The third-order valence-electron chi connectivity index (χ3n) is 4.65. The van der Waals surface area contributed by atoms with Crippen LogP contribution in [0.25, 0.3) is 10.8 Å². The lowest BCUT2D eigenvalue weighted by molar-refractivity contribution is -0.127. The first-order chi connectivity index (χ1) is 10.6. The van der Waals surface area contributed by atoms with Gasteiger partial charge in [-0.25, -0.2) is 12.7 Å². The molecule has 0 radical (unpaired) electrons. The van der Waals surface area contributed by atoms with Gasteiger partial charge in [0, 0.05) is 12.5 Å². The van der Waals surface area contributed by atoms with Gasteiger partial charge in [-0.15, -0.1) is 0 Å². The van der Waals surface area contributed by atoms with Crippen molar-refractivity contribution >= 4 is 26.7 Å². The fourth-order valence-electron chi connectivity index (χ4n) is 3.35. The van der Waals surface area contributed by atoms with E-state index >= 15 is 0 Å². The molecule has 4 rings (SSSR count). The summed E-state index contributed by atoms with van der Waals surface area (Å²) in [6.07, 6.45) is 1.31. The maximum atomic E-state index is 12.4. The molecule has 0 aromatic heterocycles. The van der Waals surface area contributed by atoms with E-state index in [0.717, 1.165) is 21.7 Å². The first-order valence-corrected chi connectivity index (χ1v) is 9.20. The van der Waals surface area contributed by atoms with E-state index in [1.807, 2.05) is 12.1 Å². The van der Waals surface area contributed by atoms with Gasteiger partial charge in [0.1, 0.15) is 0 Å². The van der Waals surface area contributed by atoms with Gasteiger partial charge in [-0.05, 0) is 35.1 Å². The van der Waals surface area contributed by atoms with E-state index in [4.69, 9.17) is 0 Å². The minimum Gasteiger partial charge on any atom is -0.273 e. The van der Waals surface area contributed by atoms with Gasteiger partial charge in [-0.1, -0.05) is 42.5 Å². The second-order valence-electron chi connectivity index (χ2n) is 6.14. The first-order valence-electron chi connectivity index (χ1n) is 7.59. The van der Waals surface area contributed by atoms with Crippen LogP contribution in [-0.4, -0.2) is 30.9 Å². The molecule has 0 unspecified atom stereocenters. The normalized spacial score (nSPS) is 26.3. The second kappa shape index (κ2) is 4.81. The summed E-state index contributed by atoms with van der Waals surface area (Å²) in [6, 6.07) is 14.4. The molecule has 1 aliphatic carbocycles. The Bertz CT molecular complexity index is 859. The zero-order valence-corrected chi connectivity index (χ0v) is 12.9. The molecule has 2 atom stereocenters. The van der Waals surface area contributed by atoms with Gasteiger partial charge < -0.3 is 0 Å². The predicted octanol–water partition coefficient (Wildman–Crippen LogP) is 2.51. The molecule has 1 aliphatic heterocycles. The summed E-state index contributed by atoms with van der Waals surface area (Å²) in [5.74, 6) is -0.121. The van der Waals surface area contributed by atoms with Gasteiger partial charge in [0.15, 0.2) is 0 Å². The number of carbonyl (C=O) groups is 1. The highest BCUT2D eigenvalue weighted by molar-refractivity contribution is 7.89. The SMILES string of the molecule is O=C([C@H]1C[C@H]1c1ccc2ccccc2c1)N1CCCS1(=O)=O. The van der Waals surface area contributed by atoms with Crippen molar-refractivity contribution in [1.29, 1.82) is 0 Å². The highest BCUT2D eigenvalue weighted by Gasteiger charge is 2.49. The molecule has 2 fully saturated rings. The number of benzene rings is 2. The Morgan fingerprint density at radius 2 is 1.86 bits per heavy atom. The molecular weight excluding hydrogens is 298 g/mol. The van der Waals surface area contributed by atoms with Crippen molar-refractivity contribution in [1.82, 2.24) is 4.31 Å². The van der Waals surface area contributed by atoms with Crippen LogP contribution in [0.5, 0.6) is 0 Å². The Morgan fingerprint density at radius 3 is 2.59 bits per heavy atom. The number of hydrogen-bond acceptors (Lipinski definition) is 3. The minimum absolute atomic E-state index is 0.103. The highest BCUT2D eigenvalue weighted by Crippen LogP contribution is 2.49. The van der Waals surface area contributed by atoms with Crippen molar-refractivity contribution < 1.29 is 13.2 Å². The lowest BCUT2D eigenvalue weighted by atomic mass is 10.0. The van der Waals surface area contributed by atoms with Crippen LogP contribution < -0.4 is 0 Å². The minimum atomic E-state index is -3.35. The maximum Gasteiger partial charge on any atom is 0.239 e. The third-order valence-corrected chi connectivity index (χ3v) is 6.49. The predicted molar refractivity (Wildman–Crippen MR) is 84.9 cm³/mol. The zero-order valence-electron chi connectivity index (χ0n) is 12.1. The standard InChI is InChI=1S/C17H17NO3S/c19-17(18-8-3-9-22(18,20)21)16-11-15(16)14-7-6-12-4-1-2-5-13(12)10-14/h1-2,4-7,10,15-16H,3,8-9,11H2/t15-,16-/m0/s1. The van der Waals surface area contributed by atoms with Gasteiger partial charge >= 0.3 is 0 Å². The zero-order chi connectivity index (χ0) is 15.3. The van der Waals surface area contributed by atoms with E-state index in [0.29, 0.717) is 13.0 Å². The molecule has 1 heterocycles. The quantitative estimate of drug-likeness (QED) is 0.855. The molecule has 2 aliphatic rings. The number of carbonyl (C=O) groups excluding carboxylic acids is 1. The van der Waals surface area contributed by atoms with Crippen LogP contribution in [0, 0.1) is 5.92 Å². The van der Waals surface area contributed by atoms with Crippen molar-refractivity contribution in [3.05, 3.63) is 48.0 Å². The summed E-state index contributed by atoms with van der Waals surface area (Å²) in [5, 5.41) is 2.34. The average Bonchev–Trinajstić information content (AvgIpc) is 3.23. The van der Waals surface area contributed by atoms with Crippen LogP contribution >= 0.6 is 0 Å². The second-order valence-corrected chi connectivity index (χ2v) is 8.15. The molecule has 0 N–H and O–H groups in total. The molecule has 22 heavy (non-hydrogen) atoms. The summed E-state index contributed by atoms with van der Waals surface area (Å²) >= 11 is 0. The summed E-state index contributed by atoms with van der Waals surface area (Å²) in [4.78, 5) is 12.4. The van der Waals surface area contributed by atoms with Crippen LogP contribution in [0.4, 0.5) is 0 Å². The van der Waals surface area contributed by atoms with E-state index in [1.165, 1.54) is 5.39 Å². The van der Waals surface area contributed by atoms with E-state index < -0.39 is 10.0 Å². The number of rotatable bonds is 2. The molecule has 1 saturated carbocycles. The maximum absolute atomic E-state index is 12.4. The van der Waals surface area contributed by atoms with Gasteiger partial charge in [-0.3, -0.25) is 4.79 Å². The van der Waals surface area contributed by atoms with E-state index in [-0.39, 0.29) is 23.5 Å². The monoisotopic (exact) mass is 315 g/mol. The van der Waals surface area contributed by atoms with Crippen LogP contribution in [0.2, 0.25) is 0 Å². The van der Waals surface area contributed by atoms with E-state index in [2.05, 4.69) is 30.3 Å². The van der Waals surface area contributed by atoms with Gasteiger partial charge in [0.05, 0.1) is 5.75 Å². The number of nitrogens with zero attached hydrogens (tertiary/aromatic N) is 1. The summed E-state index contributed by atoms with van der Waals surface area (Å²) in [6.45, 7) is 0.349. The van der Waals surface area contributed by atoms with Crippen LogP contribution in [0.15, 0.2) is 42.5 Å². The van der Waals surface area contributed by atoms with Gasteiger partial charge in [-0.2, -0.15) is 0 Å². The van der Waals surface area contributed by atoms with Crippen LogP contribution in [0.1, 0.15) is 24.3 Å². The van der Waals surface area contributed by atoms with Crippen molar-refractivity contribution in [2.45, 2.75) is 18.8 Å². The molecule has 1 saturated heterocycles.